The van der Waals surface area contributed by atoms with Gasteiger partial charge in [-0.05, 0) is 26.2 Å². The van der Waals surface area contributed by atoms with Crippen LogP contribution in [0.3, 0.4) is 0 Å². The van der Waals surface area contributed by atoms with Gasteiger partial charge in [-0.25, -0.2) is 9.78 Å². The van der Waals surface area contributed by atoms with E-state index in [0.29, 0.717) is 5.01 Å². The zero-order valence-electron chi connectivity index (χ0n) is 11.8. The van der Waals surface area contributed by atoms with Gasteiger partial charge in [0.25, 0.3) is 0 Å². The molecule has 2 rings (SSSR count). The van der Waals surface area contributed by atoms with Crippen molar-refractivity contribution in [3.8, 4) is 0 Å². The number of hydrogen-bond acceptors (Lipinski definition) is 4. The first kappa shape index (κ1) is 15.0. The second-order valence-corrected chi connectivity index (χ2v) is 6.30. The molecule has 1 heterocycles. The molecule has 0 radical (unpaired) electrons. The van der Waals surface area contributed by atoms with E-state index < -0.39 is 5.97 Å². The van der Waals surface area contributed by atoms with Gasteiger partial charge in [0.15, 0.2) is 5.69 Å². The predicted octanol–water partition coefficient (Wildman–Crippen LogP) is 2.99. The summed E-state index contributed by atoms with van der Waals surface area (Å²) in [5.41, 5.74) is -0.196. The smallest absolute Gasteiger partial charge is 0.355 e. The first-order chi connectivity index (χ1) is 9.48. The second kappa shape index (κ2) is 5.91. The van der Waals surface area contributed by atoms with Gasteiger partial charge in [-0.1, -0.05) is 19.8 Å². The molecule has 1 atom stereocenters. The lowest BCUT2D eigenvalue weighted by molar-refractivity contribution is -0.131. The fourth-order valence-electron chi connectivity index (χ4n) is 2.79. The minimum absolute atomic E-state index is 0.0390. The van der Waals surface area contributed by atoms with Gasteiger partial charge in [0.05, 0.1) is 6.04 Å². The molecule has 2 N–H and O–H groups in total. The molecule has 5 nitrogen and oxygen atoms in total. The lowest BCUT2D eigenvalue weighted by atomic mass is 9.82. The number of amides is 1. The Morgan fingerprint density at radius 3 is 2.65 bits per heavy atom. The molecular weight excluding hydrogens is 276 g/mol. The summed E-state index contributed by atoms with van der Waals surface area (Å²) in [6, 6.07) is -0.246. The standard InChI is InChI=1S/C14H20N2O3S/c1-3-14(6-4-5-7-14)13(19)15-9(2)11-16-10(8-20-11)12(17)18/h8-9H,3-7H2,1-2H3,(H,15,19)(H,17,18). The first-order valence-corrected chi connectivity index (χ1v) is 7.86. The third-order valence-corrected chi connectivity index (χ3v) is 5.21. The highest BCUT2D eigenvalue weighted by molar-refractivity contribution is 7.09. The van der Waals surface area contributed by atoms with Crippen LogP contribution >= 0.6 is 11.3 Å². The van der Waals surface area contributed by atoms with Gasteiger partial charge in [0, 0.05) is 10.8 Å². The Morgan fingerprint density at radius 1 is 1.50 bits per heavy atom. The Kier molecular flexibility index (Phi) is 4.42. The molecule has 0 bridgehead atoms. The number of aromatic carboxylic acids is 1. The Bertz CT molecular complexity index is 506. The van der Waals surface area contributed by atoms with E-state index in [-0.39, 0.29) is 23.1 Å². The zero-order valence-corrected chi connectivity index (χ0v) is 12.6. The quantitative estimate of drug-likeness (QED) is 0.875. The molecular formula is C14H20N2O3S. The molecule has 6 heteroatoms. The third kappa shape index (κ3) is 2.85. The van der Waals surface area contributed by atoms with Gasteiger partial charge in [-0.15, -0.1) is 11.3 Å². The normalized spacial score (nSPS) is 18.7. The van der Waals surface area contributed by atoms with E-state index in [1.54, 1.807) is 0 Å². The number of aromatic nitrogens is 1. The minimum Gasteiger partial charge on any atom is -0.476 e. The van der Waals surface area contributed by atoms with E-state index in [0.717, 1.165) is 32.1 Å². The topological polar surface area (TPSA) is 79.3 Å². The van der Waals surface area contributed by atoms with Crippen LogP contribution in [0.1, 0.15) is 67.5 Å². The van der Waals surface area contributed by atoms with E-state index >= 15 is 0 Å². The average Bonchev–Trinajstić information content (AvgIpc) is 3.08. The van der Waals surface area contributed by atoms with Crippen LogP contribution in [0.5, 0.6) is 0 Å². The number of nitrogens with zero attached hydrogens (tertiary/aromatic N) is 1. The lowest BCUT2D eigenvalue weighted by Gasteiger charge is -2.27. The Hall–Kier alpha value is -1.43. The van der Waals surface area contributed by atoms with Crippen molar-refractivity contribution in [2.45, 2.75) is 52.0 Å². The van der Waals surface area contributed by atoms with Gasteiger partial charge in [-0.2, -0.15) is 0 Å². The van der Waals surface area contributed by atoms with Crippen molar-refractivity contribution in [3.63, 3.8) is 0 Å². The van der Waals surface area contributed by atoms with Gasteiger partial charge in [0.1, 0.15) is 5.01 Å². The van der Waals surface area contributed by atoms with Crippen molar-refractivity contribution in [3.05, 3.63) is 16.1 Å². The van der Waals surface area contributed by atoms with E-state index in [9.17, 15) is 9.59 Å². The van der Waals surface area contributed by atoms with Crippen LogP contribution in [0.25, 0.3) is 0 Å². The van der Waals surface area contributed by atoms with Gasteiger partial charge in [-0.3, -0.25) is 4.79 Å². The van der Waals surface area contributed by atoms with E-state index in [1.807, 2.05) is 6.92 Å². The van der Waals surface area contributed by atoms with Crippen molar-refractivity contribution in [2.24, 2.45) is 5.41 Å². The highest BCUT2D eigenvalue weighted by Crippen LogP contribution is 2.41. The van der Waals surface area contributed by atoms with Crippen molar-refractivity contribution >= 4 is 23.2 Å². The van der Waals surface area contributed by atoms with E-state index in [2.05, 4.69) is 17.2 Å². The molecule has 1 fully saturated rings. The summed E-state index contributed by atoms with van der Waals surface area (Å²) < 4.78 is 0. The molecule has 1 amide bonds. The van der Waals surface area contributed by atoms with Crippen molar-refractivity contribution in [1.29, 1.82) is 0 Å². The fraction of sp³-hybridized carbons (Fsp3) is 0.643. The van der Waals surface area contributed by atoms with E-state index in [1.165, 1.54) is 16.7 Å². The van der Waals surface area contributed by atoms with Gasteiger partial charge >= 0.3 is 5.97 Å². The minimum atomic E-state index is -1.04. The number of carbonyl (C=O) groups is 2. The van der Waals surface area contributed by atoms with Crippen LogP contribution in [0.4, 0.5) is 0 Å². The molecule has 0 saturated heterocycles. The summed E-state index contributed by atoms with van der Waals surface area (Å²) in [5, 5.41) is 14.0. The molecule has 1 saturated carbocycles. The van der Waals surface area contributed by atoms with Crippen molar-refractivity contribution < 1.29 is 14.7 Å². The molecule has 0 aliphatic heterocycles. The first-order valence-electron chi connectivity index (χ1n) is 6.98. The lowest BCUT2D eigenvalue weighted by Crippen LogP contribution is -2.40. The molecule has 1 aromatic rings. The fourth-order valence-corrected chi connectivity index (χ4v) is 3.59. The molecule has 1 unspecified atom stereocenters. The number of thiazole rings is 1. The highest BCUT2D eigenvalue weighted by Gasteiger charge is 2.39. The SMILES string of the molecule is CCC1(C(=O)NC(C)c2nc(C(=O)O)cs2)CCCC1. The van der Waals surface area contributed by atoms with Crippen LogP contribution in [0.15, 0.2) is 5.38 Å². The third-order valence-electron chi connectivity index (χ3n) is 4.18. The Labute approximate surface area is 122 Å². The number of rotatable bonds is 5. The van der Waals surface area contributed by atoms with Crippen LogP contribution in [0.2, 0.25) is 0 Å². The maximum atomic E-state index is 12.5. The largest absolute Gasteiger partial charge is 0.476 e. The Morgan fingerprint density at radius 2 is 2.15 bits per heavy atom. The number of nitrogens with one attached hydrogen (secondary N) is 1. The average molecular weight is 296 g/mol. The summed E-state index contributed by atoms with van der Waals surface area (Å²) >= 11 is 1.27. The Balaban J connectivity index is 2.04. The molecule has 20 heavy (non-hydrogen) atoms. The number of carboxylic acids is 1. The van der Waals surface area contributed by atoms with Crippen LogP contribution < -0.4 is 5.32 Å². The second-order valence-electron chi connectivity index (χ2n) is 5.41. The number of hydrogen-bond donors (Lipinski definition) is 2. The number of carboxylic acid groups (broad SMARTS) is 1. The van der Waals surface area contributed by atoms with Gasteiger partial charge < -0.3 is 10.4 Å². The van der Waals surface area contributed by atoms with Crippen LogP contribution in [-0.4, -0.2) is 22.0 Å². The predicted molar refractivity (Wildman–Crippen MR) is 76.8 cm³/mol. The number of carbonyl (C=O) groups excluding carboxylic acids is 1. The summed E-state index contributed by atoms with van der Waals surface area (Å²) in [5.74, 6) is -0.955. The molecule has 1 aliphatic rings. The van der Waals surface area contributed by atoms with Crippen molar-refractivity contribution in [2.75, 3.05) is 0 Å². The van der Waals surface area contributed by atoms with Gasteiger partial charge in [0.2, 0.25) is 5.91 Å². The summed E-state index contributed by atoms with van der Waals surface area (Å²) in [7, 11) is 0. The molecule has 1 aliphatic carbocycles. The van der Waals surface area contributed by atoms with Crippen LogP contribution in [-0.2, 0) is 4.79 Å². The van der Waals surface area contributed by atoms with Crippen LogP contribution in [0, 0.1) is 5.41 Å². The molecule has 0 aromatic carbocycles. The summed E-state index contributed by atoms with van der Waals surface area (Å²) in [6.45, 7) is 3.90. The molecule has 110 valence electrons. The maximum Gasteiger partial charge on any atom is 0.355 e. The monoisotopic (exact) mass is 296 g/mol. The maximum absolute atomic E-state index is 12.5. The van der Waals surface area contributed by atoms with Crippen molar-refractivity contribution in [1.82, 2.24) is 10.3 Å². The van der Waals surface area contributed by atoms with E-state index in [4.69, 9.17) is 5.11 Å². The molecule has 0 spiro atoms. The molecule has 1 aromatic heterocycles. The zero-order chi connectivity index (χ0) is 14.8. The highest BCUT2D eigenvalue weighted by atomic mass is 32.1. The summed E-state index contributed by atoms with van der Waals surface area (Å²) in [4.78, 5) is 27.3. The summed E-state index contributed by atoms with van der Waals surface area (Å²) in [6.07, 6.45) is 4.95.